The quantitative estimate of drug-likeness (QED) is 0.719. The summed E-state index contributed by atoms with van der Waals surface area (Å²) >= 11 is 0. The summed E-state index contributed by atoms with van der Waals surface area (Å²) in [5.74, 6) is 0.650. The summed E-state index contributed by atoms with van der Waals surface area (Å²) in [6.07, 6.45) is 4.44. The molecular formula is C15H18N6O. The van der Waals surface area contributed by atoms with Crippen molar-refractivity contribution in [2.24, 2.45) is 0 Å². The van der Waals surface area contributed by atoms with E-state index >= 15 is 0 Å². The summed E-state index contributed by atoms with van der Waals surface area (Å²) in [6.45, 7) is 2.58. The van der Waals surface area contributed by atoms with E-state index in [0.29, 0.717) is 18.7 Å². The van der Waals surface area contributed by atoms with Crippen molar-refractivity contribution < 1.29 is 4.79 Å². The minimum Gasteiger partial charge on any atom is -0.350 e. The molecule has 22 heavy (non-hydrogen) atoms. The van der Waals surface area contributed by atoms with Crippen molar-refractivity contribution in [1.82, 2.24) is 30.1 Å². The van der Waals surface area contributed by atoms with Crippen LogP contribution in [0.2, 0.25) is 0 Å². The molecule has 0 aliphatic rings. The van der Waals surface area contributed by atoms with Crippen LogP contribution in [0, 0.1) is 0 Å². The molecule has 0 aromatic carbocycles. The number of rotatable bonds is 6. The summed E-state index contributed by atoms with van der Waals surface area (Å²) in [7, 11) is 0. The number of aromatic nitrogens is 5. The number of pyridine rings is 1. The molecule has 114 valence electrons. The second kappa shape index (κ2) is 6.38. The van der Waals surface area contributed by atoms with E-state index in [1.54, 1.807) is 6.07 Å². The summed E-state index contributed by atoms with van der Waals surface area (Å²) in [5.41, 5.74) is 2.21. The Kier molecular flexibility index (Phi) is 4.13. The number of H-pyrrole nitrogens is 1. The number of hydrogen-bond acceptors (Lipinski definition) is 4. The van der Waals surface area contributed by atoms with Gasteiger partial charge in [0.2, 0.25) is 0 Å². The second-order valence-electron chi connectivity index (χ2n) is 5.08. The van der Waals surface area contributed by atoms with Gasteiger partial charge in [-0.3, -0.25) is 14.3 Å². The highest BCUT2D eigenvalue weighted by Gasteiger charge is 2.10. The highest BCUT2D eigenvalue weighted by atomic mass is 16.1. The lowest BCUT2D eigenvalue weighted by Gasteiger charge is -2.02. The maximum Gasteiger partial charge on any atom is 0.271 e. The van der Waals surface area contributed by atoms with E-state index < -0.39 is 0 Å². The first-order chi connectivity index (χ1) is 10.8. The fourth-order valence-electron chi connectivity index (χ4n) is 2.32. The largest absolute Gasteiger partial charge is 0.350 e. The van der Waals surface area contributed by atoms with Gasteiger partial charge in [0, 0.05) is 24.9 Å². The van der Waals surface area contributed by atoms with Crippen molar-refractivity contribution in [2.45, 2.75) is 26.2 Å². The van der Waals surface area contributed by atoms with Gasteiger partial charge in [0.1, 0.15) is 11.5 Å². The van der Waals surface area contributed by atoms with Gasteiger partial charge < -0.3 is 5.32 Å². The van der Waals surface area contributed by atoms with Crippen molar-refractivity contribution in [3.63, 3.8) is 0 Å². The number of carbonyl (C=O) groups is 1. The van der Waals surface area contributed by atoms with Gasteiger partial charge in [-0.15, -0.1) is 10.2 Å². The van der Waals surface area contributed by atoms with Gasteiger partial charge in [0.15, 0.2) is 5.65 Å². The minimum absolute atomic E-state index is 0.174. The van der Waals surface area contributed by atoms with Crippen molar-refractivity contribution in [3.8, 4) is 0 Å². The fourth-order valence-corrected chi connectivity index (χ4v) is 2.32. The van der Waals surface area contributed by atoms with E-state index in [1.165, 1.54) is 0 Å². The second-order valence-corrected chi connectivity index (χ2v) is 5.08. The Morgan fingerprint density at radius 1 is 1.32 bits per heavy atom. The normalized spacial score (nSPS) is 11.0. The molecule has 0 spiro atoms. The fraction of sp³-hybridized carbons (Fsp3) is 0.333. The van der Waals surface area contributed by atoms with E-state index in [-0.39, 0.29) is 5.91 Å². The van der Waals surface area contributed by atoms with Crippen LogP contribution in [0.3, 0.4) is 0 Å². The third-order valence-corrected chi connectivity index (χ3v) is 3.40. The average Bonchev–Trinajstić information content (AvgIpc) is 3.15. The molecule has 0 saturated carbocycles. The molecule has 7 nitrogen and oxygen atoms in total. The zero-order valence-corrected chi connectivity index (χ0v) is 12.4. The predicted molar refractivity (Wildman–Crippen MR) is 81.6 cm³/mol. The molecule has 0 aliphatic carbocycles. The molecule has 0 radical (unpaired) electrons. The van der Waals surface area contributed by atoms with Gasteiger partial charge in [-0.25, -0.2) is 0 Å². The van der Waals surface area contributed by atoms with Crippen LogP contribution in [0.15, 0.2) is 30.5 Å². The van der Waals surface area contributed by atoms with Gasteiger partial charge in [-0.1, -0.05) is 19.4 Å². The summed E-state index contributed by atoms with van der Waals surface area (Å²) in [6, 6.07) is 7.54. The predicted octanol–water partition coefficient (Wildman–Crippen LogP) is 1.38. The van der Waals surface area contributed by atoms with Crippen molar-refractivity contribution in [1.29, 1.82) is 0 Å². The molecule has 7 heteroatoms. The maximum atomic E-state index is 12.0. The first-order valence-corrected chi connectivity index (χ1v) is 7.39. The van der Waals surface area contributed by atoms with Gasteiger partial charge in [0.05, 0.1) is 0 Å². The molecule has 3 aromatic rings. The Morgan fingerprint density at radius 3 is 3.09 bits per heavy atom. The van der Waals surface area contributed by atoms with Crippen LogP contribution >= 0.6 is 0 Å². The molecule has 0 fully saturated rings. The molecule has 0 aliphatic heterocycles. The molecule has 3 aromatic heterocycles. The number of amides is 1. The van der Waals surface area contributed by atoms with Gasteiger partial charge >= 0.3 is 0 Å². The Hall–Kier alpha value is -2.70. The lowest BCUT2D eigenvalue weighted by atomic mass is 10.2. The molecule has 3 heterocycles. The maximum absolute atomic E-state index is 12.0. The van der Waals surface area contributed by atoms with Crippen LogP contribution in [0.5, 0.6) is 0 Å². The molecule has 0 bridgehead atoms. The van der Waals surface area contributed by atoms with Gasteiger partial charge in [-0.05, 0) is 24.6 Å². The number of nitrogens with zero attached hydrogens (tertiary/aromatic N) is 4. The van der Waals surface area contributed by atoms with Crippen molar-refractivity contribution in [3.05, 3.63) is 47.7 Å². The van der Waals surface area contributed by atoms with Crippen LogP contribution in [-0.4, -0.2) is 37.2 Å². The van der Waals surface area contributed by atoms with Crippen molar-refractivity contribution >= 4 is 11.6 Å². The van der Waals surface area contributed by atoms with E-state index in [0.717, 1.165) is 30.0 Å². The third-order valence-electron chi connectivity index (χ3n) is 3.40. The topological polar surface area (TPSA) is 88.0 Å². The van der Waals surface area contributed by atoms with Gasteiger partial charge in [0.25, 0.3) is 5.91 Å². The number of nitrogens with one attached hydrogen (secondary N) is 2. The molecule has 0 atom stereocenters. The Balaban J connectivity index is 1.57. The van der Waals surface area contributed by atoms with Crippen LogP contribution < -0.4 is 5.32 Å². The SMILES string of the molecule is CCCc1cc(C(=O)NCCc2nnc3ccccn23)n[nH]1. The first kappa shape index (κ1) is 14.2. The van der Waals surface area contributed by atoms with Crippen molar-refractivity contribution in [2.75, 3.05) is 6.54 Å². The Labute approximate surface area is 127 Å². The van der Waals surface area contributed by atoms with Crippen LogP contribution in [0.4, 0.5) is 0 Å². The lowest BCUT2D eigenvalue weighted by Crippen LogP contribution is -2.26. The lowest BCUT2D eigenvalue weighted by molar-refractivity contribution is 0.0949. The van der Waals surface area contributed by atoms with E-state index in [4.69, 9.17) is 0 Å². The highest BCUT2D eigenvalue weighted by molar-refractivity contribution is 5.92. The highest BCUT2D eigenvalue weighted by Crippen LogP contribution is 2.04. The summed E-state index contributed by atoms with van der Waals surface area (Å²) < 4.78 is 1.92. The number of hydrogen-bond donors (Lipinski definition) is 2. The molecule has 2 N–H and O–H groups in total. The standard InChI is InChI=1S/C15H18N6O/c1-2-5-11-10-12(18-17-11)15(22)16-8-7-14-20-19-13-6-3-4-9-21(13)14/h3-4,6,9-10H,2,5,7-8H2,1H3,(H,16,22)(H,17,18). The molecular weight excluding hydrogens is 280 g/mol. The summed E-state index contributed by atoms with van der Waals surface area (Å²) in [4.78, 5) is 12.0. The van der Waals surface area contributed by atoms with Crippen LogP contribution in [0.1, 0.15) is 35.4 Å². The Bertz CT molecular complexity index is 775. The summed E-state index contributed by atoms with van der Waals surface area (Å²) in [5, 5.41) is 18.0. The number of fused-ring (bicyclic) bond motifs is 1. The average molecular weight is 298 g/mol. The minimum atomic E-state index is -0.174. The zero-order chi connectivity index (χ0) is 15.4. The smallest absolute Gasteiger partial charge is 0.271 e. The van der Waals surface area contributed by atoms with E-state index in [1.807, 2.05) is 28.8 Å². The van der Waals surface area contributed by atoms with Gasteiger partial charge in [-0.2, -0.15) is 5.10 Å². The number of carbonyl (C=O) groups excluding carboxylic acids is 1. The Morgan fingerprint density at radius 2 is 2.23 bits per heavy atom. The third kappa shape index (κ3) is 2.98. The van der Waals surface area contributed by atoms with E-state index in [2.05, 4.69) is 32.6 Å². The number of aromatic amines is 1. The van der Waals surface area contributed by atoms with Crippen LogP contribution in [-0.2, 0) is 12.8 Å². The first-order valence-electron chi connectivity index (χ1n) is 7.39. The molecule has 0 saturated heterocycles. The molecule has 1 amide bonds. The zero-order valence-electron chi connectivity index (χ0n) is 12.4. The van der Waals surface area contributed by atoms with Crippen LogP contribution in [0.25, 0.3) is 5.65 Å². The number of aryl methyl sites for hydroxylation is 1. The monoisotopic (exact) mass is 298 g/mol. The molecule has 0 unspecified atom stereocenters. The molecule has 3 rings (SSSR count). The van der Waals surface area contributed by atoms with E-state index in [9.17, 15) is 4.79 Å².